The molecule has 5 N–H and O–H groups in total. The largest absolute Gasteiger partial charge is 3.00 e. The van der Waals surface area contributed by atoms with Crippen LogP contribution in [0.1, 0.15) is 51.4 Å². The maximum atomic E-state index is 10.1. The molecule has 0 aromatic heterocycles. The Morgan fingerprint density at radius 1 is 0.515 bits per heavy atom. The summed E-state index contributed by atoms with van der Waals surface area (Å²) >= 11 is 0. The molecule has 0 bridgehead atoms. The second-order valence-corrected chi connectivity index (χ2v) is 5.47. The number of rotatable bonds is 0. The molecule has 0 atom stereocenters. The van der Waals surface area contributed by atoms with Crippen molar-refractivity contribution in [2.24, 2.45) is 0 Å². The molecule has 8 nitrogen and oxygen atoms in total. The van der Waals surface area contributed by atoms with Crippen LogP contribution >= 0.6 is 0 Å². The Morgan fingerprint density at radius 2 is 0.636 bits per heavy atom. The van der Waals surface area contributed by atoms with Gasteiger partial charge in [-0.15, -0.1) is 0 Å². The van der Waals surface area contributed by atoms with Gasteiger partial charge < -0.3 is 48.8 Å². The SMILES string of the molecule is C1=CCCCCC=C1.C1=CCCCCC=C1.OB(O)F.OB(O)F.[O-]B(O)F.[O-]B([O-])F.[Rh+3]. The molecular formula is C16H29B4F4O8Rh. The Bertz CT molecular complexity index is 373. The van der Waals surface area contributed by atoms with Crippen LogP contribution in [0.25, 0.3) is 0 Å². The van der Waals surface area contributed by atoms with Gasteiger partial charge in [0.2, 0.25) is 0 Å². The predicted molar refractivity (Wildman–Crippen MR) is 112 cm³/mol. The molecule has 0 amide bonds. The fourth-order valence-electron chi connectivity index (χ4n) is 1.75. The van der Waals surface area contributed by atoms with E-state index in [2.05, 4.69) is 48.6 Å². The van der Waals surface area contributed by atoms with Crippen molar-refractivity contribution >= 4 is 29.6 Å². The van der Waals surface area contributed by atoms with E-state index in [-0.39, 0.29) is 19.5 Å². The van der Waals surface area contributed by atoms with Gasteiger partial charge in [0, 0.05) is 0 Å². The molecule has 0 unspecified atom stereocenters. The van der Waals surface area contributed by atoms with Crippen LogP contribution in [-0.2, 0) is 19.5 Å². The molecule has 0 saturated carbocycles. The van der Waals surface area contributed by atoms with E-state index < -0.39 is 29.6 Å². The molecule has 0 aromatic rings. The van der Waals surface area contributed by atoms with E-state index >= 15 is 0 Å². The predicted octanol–water partition coefficient (Wildman–Crippen LogP) is -0.851. The zero-order valence-electron chi connectivity index (χ0n) is 17.9. The molecule has 2 aliphatic carbocycles. The Labute approximate surface area is 206 Å². The fraction of sp³-hybridized carbons (Fsp3) is 0.500. The van der Waals surface area contributed by atoms with E-state index in [4.69, 9.17) is 40.2 Å². The number of hydrogen-bond donors (Lipinski definition) is 5. The minimum Gasteiger partial charge on any atom is -0.867 e. The first kappa shape index (κ1) is 42.4. The third-order valence-electron chi connectivity index (χ3n) is 2.75. The van der Waals surface area contributed by atoms with E-state index in [9.17, 15) is 17.3 Å². The first-order valence-corrected chi connectivity index (χ1v) is 9.50. The molecule has 17 heteroatoms. The van der Waals surface area contributed by atoms with Gasteiger partial charge in [0.25, 0.3) is 0 Å². The zero-order valence-corrected chi connectivity index (χ0v) is 19.5. The topological polar surface area (TPSA) is 170 Å². The smallest absolute Gasteiger partial charge is 0.867 e. The summed E-state index contributed by atoms with van der Waals surface area (Å²) in [6.45, 7) is 0. The van der Waals surface area contributed by atoms with Crippen LogP contribution in [0.5, 0.6) is 0 Å². The van der Waals surface area contributed by atoms with Crippen molar-refractivity contribution in [3.05, 3.63) is 48.6 Å². The van der Waals surface area contributed by atoms with Crippen LogP contribution in [-0.4, -0.2) is 54.7 Å². The van der Waals surface area contributed by atoms with Gasteiger partial charge in [0.1, 0.15) is 7.40 Å². The summed E-state index contributed by atoms with van der Waals surface area (Å²) in [5.74, 6) is 0. The van der Waals surface area contributed by atoms with Crippen molar-refractivity contribution in [1.29, 1.82) is 0 Å². The first-order chi connectivity index (χ1) is 14.9. The van der Waals surface area contributed by atoms with Gasteiger partial charge in [-0.05, 0) is 51.4 Å². The van der Waals surface area contributed by atoms with Crippen molar-refractivity contribution in [3.63, 3.8) is 0 Å². The van der Waals surface area contributed by atoms with Gasteiger partial charge in [-0.3, -0.25) is 8.63 Å². The molecule has 2 aliphatic rings. The van der Waals surface area contributed by atoms with E-state index in [0.717, 1.165) is 0 Å². The average molecular weight is 572 g/mol. The van der Waals surface area contributed by atoms with Gasteiger partial charge in [-0.2, -0.15) is 0 Å². The Balaban J connectivity index is -0.0000000984. The summed E-state index contributed by atoms with van der Waals surface area (Å²) in [5, 5.41) is 59.6. The Kier molecular flexibility index (Phi) is 49.5. The summed E-state index contributed by atoms with van der Waals surface area (Å²) < 4.78 is 40.1. The van der Waals surface area contributed by atoms with Crippen LogP contribution in [0.3, 0.4) is 0 Å². The van der Waals surface area contributed by atoms with Gasteiger partial charge in [0.05, 0.1) is 0 Å². The van der Waals surface area contributed by atoms with Crippen molar-refractivity contribution in [2.45, 2.75) is 51.4 Å². The maximum Gasteiger partial charge on any atom is 3.00 e. The molecule has 0 radical (unpaired) electrons. The molecule has 33 heavy (non-hydrogen) atoms. The summed E-state index contributed by atoms with van der Waals surface area (Å²) in [6, 6.07) is 0. The number of halogens is 4. The second-order valence-electron chi connectivity index (χ2n) is 5.47. The zero-order chi connectivity index (χ0) is 25.6. The minimum atomic E-state index is -3.17. The first-order valence-electron chi connectivity index (χ1n) is 9.50. The molecule has 0 aromatic carbocycles. The summed E-state index contributed by atoms with van der Waals surface area (Å²) in [4.78, 5) is 0. The van der Waals surface area contributed by atoms with Crippen molar-refractivity contribution < 1.29 is 76.9 Å². The normalized spacial score (nSPS) is 13.0. The molecule has 0 fully saturated rings. The van der Waals surface area contributed by atoms with Crippen LogP contribution in [0, 0.1) is 0 Å². The molecular weight excluding hydrogens is 542 g/mol. The van der Waals surface area contributed by atoms with Gasteiger partial charge in [0.15, 0.2) is 0 Å². The van der Waals surface area contributed by atoms with Crippen LogP contribution in [0.15, 0.2) is 48.6 Å². The van der Waals surface area contributed by atoms with Crippen LogP contribution in [0.2, 0.25) is 0 Å². The standard InChI is InChI=1S/2C8H12.2BFH2O2.BFHO2.BFO2.Rh/c2*1-2-4-6-8-7-5-3-1;4*2-1(3)4;/h2*1-4H,5-8H2;2*3-4H;3H;;/q;;;;-1;-2;+3. The van der Waals surface area contributed by atoms with Crippen LogP contribution < -0.4 is 15.1 Å². The molecule has 190 valence electrons. The van der Waals surface area contributed by atoms with Gasteiger partial charge in [-0.25, -0.2) is 0 Å². The number of hydrogen-bond acceptors (Lipinski definition) is 8. The van der Waals surface area contributed by atoms with Crippen LogP contribution in [0.4, 0.5) is 17.3 Å². The third kappa shape index (κ3) is 115. The fourth-order valence-corrected chi connectivity index (χ4v) is 1.75. The molecule has 0 saturated heterocycles. The summed E-state index contributed by atoms with van der Waals surface area (Å²) in [6.07, 6.45) is 28.0. The quantitative estimate of drug-likeness (QED) is 0.185. The molecule has 2 rings (SSSR count). The second kappa shape index (κ2) is 38.5. The maximum absolute atomic E-state index is 10.1. The van der Waals surface area contributed by atoms with Crippen molar-refractivity contribution in [1.82, 2.24) is 0 Å². The Hall–Kier alpha value is -0.757. The molecule has 0 aliphatic heterocycles. The van der Waals surface area contributed by atoms with Gasteiger partial charge >= 0.3 is 41.7 Å². The van der Waals surface area contributed by atoms with E-state index in [0.29, 0.717) is 0 Å². The van der Waals surface area contributed by atoms with E-state index in [1.165, 1.54) is 51.4 Å². The van der Waals surface area contributed by atoms with Crippen molar-refractivity contribution in [3.8, 4) is 0 Å². The minimum absolute atomic E-state index is 0. The third-order valence-corrected chi connectivity index (χ3v) is 2.75. The Morgan fingerprint density at radius 3 is 0.758 bits per heavy atom. The van der Waals surface area contributed by atoms with E-state index in [1.54, 1.807) is 0 Å². The van der Waals surface area contributed by atoms with Crippen molar-refractivity contribution in [2.75, 3.05) is 0 Å². The number of allylic oxidation sites excluding steroid dienone is 8. The monoisotopic (exact) mass is 572 g/mol. The van der Waals surface area contributed by atoms with Gasteiger partial charge in [-0.1, -0.05) is 48.6 Å². The summed E-state index contributed by atoms with van der Waals surface area (Å²) in [5.41, 5.74) is 0. The van der Waals surface area contributed by atoms with E-state index in [1.807, 2.05) is 0 Å². The molecule has 0 heterocycles. The molecule has 0 spiro atoms. The average Bonchev–Trinajstić information content (AvgIpc) is 2.51. The summed E-state index contributed by atoms with van der Waals surface area (Å²) in [7, 11) is -11.4.